The van der Waals surface area contributed by atoms with Gasteiger partial charge in [-0.05, 0) is 24.1 Å². The van der Waals surface area contributed by atoms with E-state index in [2.05, 4.69) is 29.0 Å². The van der Waals surface area contributed by atoms with Crippen molar-refractivity contribution in [2.45, 2.75) is 13.3 Å². The van der Waals surface area contributed by atoms with Gasteiger partial charge in [0.15, 0.2) is 0 Å². The minimum atomic E-state index is 0. The lowest BCUT2D eigenvalue weighted by molar-refractivity contribution is 1.14. The molecule has 1 N–H and O–H groups in total. The first kappa shape index (κ1) is 6.40. The van der Waals surface area contributed by atoms with E-state index in [1.807, 2.05) is 6.07 Å². The summed E-state index contributed by atoms with van der Waals surface area (Å²) in [6, 6.07) is 6.30. The number of nitrogens with one attached hydrogen (secondary N) is 1. The van der Waals surface area contributed by atoms with Gasteiger partial charge in [0, 0.05) is 1.43 Å². The van der Waals surface area contributed by atoms with Crippen molar-refractivity contribution in [2.75, 3.05) is 0 Å². The monoisotopic (exact) mass is 148 g/mol. The normalized spacial score (nSPS) is 10.6. The van der Waals surface area contributed by atoms with Gasteiger partial charge in [-0.15, -0.1) is 0 Å². The number of hydrogen-bond acceptors (Lipinski definition) is 1. The number of hydrogen-bond donors (Lipinski definition) is 1. The predicted octanol–water partition coefficient (Wildman–Crippen LogP) is 2.37. The third-order valence-corrected chi connectivity index (χ3v) is 1.89. The van der Waals surface area contributed by atoms with E-state index in [9.17, 15) is 0 Å². The van der Waals surface area contributed by atoms with E-state index in [1.165, 1.54) is 5.56 Å². The molecule has 2 aromatic rings. The molecule has 0 aliphatic heterocycles. The molecule has 0 radical (unpaired) electrons. The van der Waals surface area contributed by atoms with Gasteiger partial charge in [0.25, 0.3) is 0 Å². The number of H-pyrrole nitrogens is 1. The van der Waals surface area contributed by atoms with Crippen LogP contribution in [-0.4, -0.2) is 9.97 Å². The molecule has 0 unspecified atom stereocenters. The number of imidazole rings is 1. The minimum Gasteiger partial charge on any atom is -0.345 e. The van der Waals surface area contributed by atoms with E-state index in [0.29, 0.717) is 0 Å². The van der Waals surface area contributed by atoms with E-state index in [-0.39, 0.29) is 1.43 Å². The van der Waals surface area contributed by atoms with Gasteiger partial charge in [0.2, 0.25) is 0 Å². The second kappa shape index (κ2) is 2.38. The van der Waals surface area contributed by atoms with Crippen LogP contribution in [0.2, 0.25) is 0 Å². The van der Waals surface area contributed by atoms with Crippen molar-refractivity contribution in [3.8, 4) is 0 Å². The van der Waals surface area contributed by atoms with Gasteiger partial charge in [-0.2, -0.15) is 0 Å². The fourth-order valence-electron chi connectivity index (χ4n) is 1.20. The Morgan fingerprint density at radius 3 is 3.27 bits per heavy atom. The first-order valence-corrected chi connectivity index (χ1v) is 3.82. The quantitative estimate of drug-likeness (QED) is 0.660. The van der Waals surface area contributed by atoms with E-state index in [4.69, 9.17) is 0 Å². The molecular weight excluding hydrogens is 136 g/mol. The smallest absolute Gasteiger partial charge is 0.0931 e. The van der Waals surface area contributed by atoms with Gasteiger partial charge in [0.1, 0.15) is 0 Å². The number of benzene rings is 1. The first-order chi connectivity index (χ1) is 5.40. The SMILES string of the molecule is CCc1ccc2nc[nH]c2c1.[HH]. The van der Waals surface area contributed by atoms with Crippen LogP contribution in [0, 0.1) is 0 Å². The highest BCUT2D eigenvalue weighted by atomic mass is 14.9. The standard InChI is InChI=1S/C9H10N2.H2/c1-2-7-3-4-8-9(5-7)11-6-10-8;/h3-6H,2H2,1H3,(H,10,11);1H. The summed E-state index contributed by atoms with van der Waals surface area (Å²) in [5, 5.41) is 0. The van der Waals surface area contributed by atoms with Crippen LogP contribution in [0.15, 0.2) is 24.5 Å². The lowest BCUT2D eigenvalue weighted by atomic mass is 10.1. The van der Waals surface area contributed by atoms with Crippen molar-refractivity contribution in [2.24, 2.45) is 0 Å². The maximum atomic E-state index is 4.14. The lowest BCUT2D eigenvalue weighted by Crippen LogP contribution is -1.78. The van der Waals surface area contributed by atoms with E-state index in [0.717, 1.165) is 17.5 Å². The summed E-state index contributed by atoms with van der Waals surface area (Å²) < 4.78 is 0. The van der Waals surface area contributed by atoms with E-state index in [1.54, 1.807) is 6.33 Å². The molecule has 1 aromatic heterocycles. The molecule has 0 saturated carbocycles. The molecule has 2 nitrogen and oxygen atoms in total. The highest BCUT2D eigenvalue weighted by Crippen LogP contribution is 2.11. The Morgan fingerprint density at radius 1 is 1.55 bits per heavy atom. The first-order valence-electron chi connectivity index (χ1n) is 3.82. The molecule has 1 heterocycles. The fourth-order valence-corrected chi connectivity index (χ4v) is 1.20. The maximum absolute atomic E-state index is 4.14. The van der Waals surface area contributed by atoms with Crippen molar-refractivity contribution in [1.29, 1.82) is 0 Å². The molecule has 1 aromatic carbocycles. The van der Waals surface area contributed by atoms with E-state index >= 15 is 0 Å². The topological polar surface area (TPSA) is 28.7 Å². The maximum Gasteiger partial charge on any atom is 0.0931 e. The number of nitrogens with zero attached hydrogens (tertiary/aromatic N) is 1. The third-order valence-electron chi connectivity index (χ3n) is 1.89. The Morgan fingerprint density at radius 2 is 2.45 bits per heavy atom. The van der Waals surface area contributed by atoms with Crippen LogP contribution in [0.25, 0.3) is 11.0 Å². The molecule has 0 aliphatic rings. The van der Waals surface area contributed by atoms with Crippen LogP contribution < -0.4 is 0 Å². The summed E-state index contributed by atoms with van der Waals surface area (Å²) in [5.41, 5.74) is 3.52. The molecule has 11 heavy (non-hydrogen) atoms. The van der Waals surface area contributed by atoms with Gasteiger partial charge in [-0.1, -0.05) is 13.0 Å². The zero-order valence-corrected chi connectivity index (χ0v) is 6.46. The van der Waals surface area contributed by atoms with Crippen LogP contribution >= 0.6 is 0 Å². The average Bonchev–Trinajstić information content (AvgIpc) is 2.50. The number of aromatic nitrogens is 2. The summed E-state index contributed by atoms with van der Waals surface area (Å²) in [6.45, 7) is 2.15. The molecule has 58 valence electrons. The fraction of sp³-hybridized carbons (Fsp3) is 0.222. The van der Waals surface area contributed by atoms with Gasteiger partial charge in [-0.3, -0.25) is 0 Å². The van der Waals surface area contributed by atoms with Crippen molar-refractivity contribution in [3.63, 3.8) is 0 Å². The highest BCUT2D eigenvalue weighted by molar-refractivity contribution is 5.74. The van der Waals surface area contributed by atoms with Crippen LogP contribution in [-0.2, 0) is 6.42 Å². The number of fused-ring (bicyclic) bond motifs is 1. The number of aromatic amines is 1. The molecule has 0 amide bonds. The third kappa shape index (κ3) is 1.00. The average molecular weight is 148 g/mol. The molecule has 0 aliphatic carbocycles. The van der Waals surface area contributed by atoms with Gasteiger partial charge < -0.3 is 4.98 Å². The van der Waals surface area contributed by atoms with Crippen LogP contribution in [0.1, 0.15) is 13.9 Å². The van der Waals surface area contributed by atoms with Crippen molar-refractivity contribution in [3.05, 3.63) is 30.1 Å². The van der Waals surface area contributed by atoms with Gasteiger partial charge in [-0.25, -0.2) is 4.98 Å². The lowest BCUT2D eigenvalue weighted by Gasteiger charge is -1.93. The largest absolute Gasteiger partial charge is 0.345 e. The Hall–Kier alpha value is -1.31. The Bertz CT molecular complexity index is 367. The molecular formula is C9H12N2. The van der Waals surface area contributed by atoms with Gasteiger partial charge >= 0.3 is 0 Å². The number of aryl methyl sites for hydroxylation is 1. The number of rotatable bonds is 1. The van der Waals surface area contributed by atoms with Crippen LogP contribution in [0.4, 0.5) is 0 Å². The van der Waals surface area contributed by atoms with Crippen molar-refractivity contribution >= 4 is 11.0 Å². The zero-order chi connectivity index (χ0) is 7.68. The Balaban J connectivity index is 0.000000720. The predicted molar refractivity (Wildman–Crippen MR) is 47.6 cm³/mol. The summed E-state index contributed by atoms with van der Waals surface area (Å²) in [7, 11) is 0. The van der Waals surface area contributed by atoms with Gasteiger partial charge in [0.05, 0.1) is 17.4 Å². The molecule has 2 rings (SSSR count). The molecule has 0 spiro atoms. The van der Waals surface area contributed by atoms with E-state index < -0.39 is 0 Å². The van der Waals surface area contributed by atoms with Crippen molar-refractivity contribution < 1.29 is 1.43 Å². The molecule has 0 bridgehead atoms. The Kier molecular flexibility index (Phi) is 1.39. The second-order valence-electron chi connectivity index (χ2n) is 2.61. The molecule has 0 atom stereocenters. The molecule has 0 fully saturated rings. The molecule has 2 heteroatoms. The van der Waals surface area contributed by atoms with Crippen LogP contribution in [0.3, 0.4) is 0 Å². The molecule has 0 saturated heterocycles. The summed E-state index contributed by atoms with van der Waals surface area (Å²) in [4.78, 5) is 7.22. The summed E-state index contributed by atoms with van der Waals surface area (Å²) >= 11 is 0. The van der Waals surface area contributed by atoms with Crippen molar-refractivity contribution in [1.82, 2.24) is 9.97 Å². The Labute approximate surface area is 66.8 Å². The summed E-state index contributed by atoms with van der Waals surface area (Å²) in [6.07, 6.45) is 2.80. The summed E-state index contributed by atoms with van der Waals surface area (Å²) in [5.74, 6) is 0. The minimum absolute atomic E-state index is 0. The highest BCUT2D eigenvalue weighted by Gasteiger charge is 1.94. The second-order valence-corrected chi connectivity index (χ2v) is 2.61. The zero-order valence-electron chi connectivity index (χ0n) is 6.46. The van der Waals surface area contributed by atoms with Crippen LogP contribution in [0.5, 0.6) is 0 Å².